The Morgan fingerprint density at radius 1 is 1.26 bits per heavy atom. The molecule has 0 N–H and O–H groups in total. The number of hydrogen-bond donors (Lipinski definition) is 0. The zero-order valence-corrected chi connectivity index (χ0v) is 15.4. The third-order valence-electron chi connectivity index (χ3n) is 5.13. The monoisotopic (exact) mass is 379 g/mol. The van der Waals surface area contributed by atoms with Crippen molar-refractivity contribution in [2.75, 3.05) is 13.1 Å². The lowest BCUT2D eigenvalue weighted by atomic mass is 9.90. The molecule has 0 spiro atoms. The van der Waals surface area contributed by atoms with Gasteiger partial charge < -0.3 is 4.90 Å². The van der Waals surface area contributed by atoms with Gasteiger partial charge in [-0.05, 0) is 56.2 Å². The zero-order valence-electron chi connectivity index (χ0n) is 15.4. The number of likely N-dealkylation sites (tertiary alicyclic amines) is 1. The van der Waals surface area contributed by atoms with Gasteiger partial charge in [-0.25, -0.2) is 0 Å². The van der Waals surface area contributed by atoms with Crippen LogP contribution in [0.3, 0.4) is 0 Å². The van der Waals surface area contributed by atoms with Crippen molar-refractivity contribution in [3.63, 3.8) is 0 Å². The molecule has 1 amide bonds. The van der Waals surface area contributed by atoms with Gasteiger partial charge in [0.25, 0.3) is 5.91 Å². The summed E-state index contributed by atoms with van der Waals surface area (Å²) < 4.78 is 41.1. The minimum atomic E-state index is -4.33. The van der Waals surface area contributed by atoms with E-state index in [0.29, 0.717) is 43.7 Å². The third kappa shape index (κ3) is 4.70. The van der Waals surface area contributed by atoms with Crippen molar-refractivity contribution in [2.45, 2.75) is 45.3 Å². The van der Waals surface area contributed by atoms with Gasteiger partial charge in [-0.2, -0.15) is 18.3 Å². The molecule has 1 aromatic heterocycles. The molecule has 0 aliphatic carbocycles. The highest BCUT2D eigenvalue weighted by Gasteiger charge is 2.33. The molecular formula is C20H24F3N3O. The normalized spacial score (nSPS) is 17.9. The molecule has 0 radical (unpaired) electrons. The lowest BCUT2D eigenvalue weighted by Crippen LogP contribution is -2.40. The molecule has 7 heteroatoms. The molecule has 1 aliphatic heterocycles. The van der Waals surface area contributed by atoms with Crippen molar-refractivity contribution in [3.05, 3.63) is 53.3 Å². The van der Waals surface area contributed by atoms with Crippen LogP contribution >= 0.6 is 0 Å². The Morgan fingerprint density at radius 3 is 2.74 bits per heavy atom. The van der Waals surface area contributed by atoms with Crippen LogP contribution in [-0.4, -0.2) is 33.7 Å². The molecular weight excluding hydrogens is 355 g/mol. The average Bonchev–Trinajstić information content (AvgIpc) is 3.15. The Hall–Kier alpha value is -2.31. The van der Waals surface area contributed by atoms with E-state index in [1.165, 1.54) is 6.07 Å². The van der Waals surface area contributed by atoms with Gasteiger partial charge in [0.1, 0.15) is 5.69 Å². The summed E-state index contributed by atoms with van der Waals surface area (Å²) in [6, 6.07) is 7.46. The maximum atomic E-state index is 13.1. The quantitative estimate of drug-likeness (QED) is 0.772. The molecule has 1 unspecified atom stereocenters. The Balaban J connectivity index is 1.61. The molecule has 1 aromatic carbocycles. The number of halogens is 3. The van der Waals surface area contributed by atoms with Crippen molar-refractivity contribution in [1.29, 1.82) is 0 Å². The molecule has 27 heavy (non-hydrogen) atoms. The predicted octanol–water partition coefficient (Wildman–Crippen LogP) is 4.41. The van der Waals surface area contributed by atoms with Crippen LogP contribution in [0, 0.1) is 5.92 Å². The molecule has 3 rings (SSSR count). The Labute approximate surface area is 157 Å². The summed E-state index contributed by atoms with van der Waals surface area (Å²) >= 11 is 0. The summed E-state index contributed by atoms with van der Waals surface area (Å²) in [5, 5.41) is 4.26. The predicted molar refractivity (Wildman–Crippen MR) is 96.3 cm³/mol. The van der Waals surface area contributed by atoms with Gasteiger partial charge >= 0.3 is 6.18 Å². The smallest absolute Gasteiger partial charge is 0.337 e. The molecule has 1 saturated heterocycles. The second kappa shape index (κ2) is 8.15. The minimum absolute atomic E-state index is 0.0948. The molecule has 1 atom stereocenters. The van der Waals surface area contributed by atoms with Crippen LogP contribution < -0.4 is 0 Å². The summed E-state index contributed by atoms with van der Waals surface area (Å²) in [5.41, 5.74) is 0.203. The molecule has 1 fully saturated rings. The molecule has 4 nitrogen and oxygen atoms in total. The first-order chi connectivity index (χ1) is 12.9. The summed E-state index contributed by atoms with van der Waals surface area (Å²) in [5.74, 6) is 0.111. The maximum absolute atomic E-state index is 13.1. The number of aromatic nitrogens is 2. The summed E-state index contributed by atoms with van der Waals surface area (Å²) in [7, 11) is 0. The van der Waals surface area contributed by atoms with Gasteiger partial charge in [0.05, 0.1) is 5.56 Å². The van der Waals surface area contributed by atoms with Crippen molar-refractivity contribution < 1.29 is 18.0 Å². The SMILES string of the molecule is CCn1ccc(C(=O)N2CCCC(CCc3ccccc3C(F)(F)F)C2)n1. The van der Waals surface area contributed by atoms with Crippen LogP contribution in [-0.2, 0) is 19.1 Å². The average molecular weight is 379 g/mol. The third-order valence-corrected chi connectivity index (χ3v) is 5.13. The van der Waals surface area contributed by atoms with Crippen molar-refractivity contribution in [1.82, 2.24) is 14.7 Å². The van der Waals surface area contributed by atoms with Gasteiger partial charge in [0, 0.05) is 25.8 Å². The van der Waals surface area contributed by atoms with E-state index >= 15 is 0 Å². The van der Waals surface area contributed by atoms with Crippen LogP contribution in [0.1, 0.15) is 47.8 Å². The van der Waals surface area contributed by atoms with Gasteiger partial charge in [-0.1, -0.05) is 18.2 Å². The van der Waals surface area contributed by atoms with Crippen LogP contribution in [0.4, 0.5) is 13.2 Å². The number of piperidine rings is 1. The number of alkyl halides is 3. The molecule has 0 saturated carbocycles. The van der Waals surface area contributed by atoms with Crippen LogP contribution in [0.15, 0.2) is 36.5 Å². The Morgan fingerprint density at radius 2 is 2.04 bits per heavy atom. The van der Waals surface area contributed by atoms with Crippen molar-refractivity contribution in [2.24, 2.45) is 5.92 Å². The lowest BCUT2D eigenvalue weighted by molar-refractivity contribution is -0.138. The highest BCUT2D eigenvalue weighted by atomic mass is 19.4. The van der Waals surface area contributed by atoms with Crippen molar-refractivity contribution in [3.8, 4) is 0 Å². The first-order valence-electron chi connectivity index (χ1n) is 9.36. The Kier molecular flexibility index (Phi) is 5.87. The Bertz CT molecular complexity index is 785. The highest BCUT2D eigenvalue weighted by Crippen LogP contribution is 2.33. The van der Waals surface area contributed by atoms with E-state index < -0.39 is 11.7 Å². The number of benzene rings is 1. The number of amides is 1. The van der Waals surface area contributed by atoms with Crippen molar-refractivity contribution >= 4 is 5.91 Å². The molecule has 2 aromatic rings. The second-order valence-electron chi connectivity index (χ2n) is 7.01. The van der Waals surface area contributed by atoms with E-state index in [9.17, 15) is 18.0 Å². The topological polar surface area (TPSA) is 38.1 Å². The largest absolute Gasteiger partial charge is 0.416 e. The molecule has 1 aliphatic rings. The maximum Gasteiger partial charge on any atom is 0.416 e. The molecule has 146 valence electrons. The number of carbonyl (C=O) groups is 1. The van der Waals surface area contributed by atoms with E-state index in [2.05, 4.69) is 5.10 Å². The van der Waals surface area contributed by atoms with E-state index in [1.807, 2.05) is 6.92 Å². The minimum Gasteiger partial charge on any atom is -0.337 e. The van der Waals surface area contributed by atoms with Gasteiger partial charge in [0.15, 0.2) is 0 Å². The fourth-order valence-electron chi connectivity index (χ4n) is 3.67. The number of carbonyl (C=O) groups excluding carboxylic acids is 1. The lowest BCUT2D eigenvalue weighted by Gasteiger charge is -2.32. The number of rotatable bonds is 5. The van der Waals surface area contributed by atoms with Gasteiger partial charge in [-0.15, -0.1) is 0 Å². The van der Waals surface area contributed by atoms with Crippen LogP contribution in [0.2, 0.25) is 0 Å². The first-order valence-corrected chi connectivity index (χ1v) is 9.36. The number of aryl methyl sites for hydroxylation is 2. The van der Waals surface area contributed by atoms with E-state index in [0.717, 1.165) is 18.9 Å². The highest BCUT2D eigenvalue weighted by molar-refractivity contribution is 5.92. The van der Waals surface area contributed by atoms with Crippen LogP contribution in [0.5, 0.6) is 0 Å². The fourth-order valence-corrected chi connectivity index (χ4v) is 3.67. The fraction of sp³-hybridized carbons (Fsp3) is 0.500. The zero-order chi connectivity index (χ0) is 19.4. The standard InChI is InChI=1S/C20H24F3N3O/c1-2-26-13-11-18(24-26)19(27)25-12-5-6-15(14-25)9-10-16-7-3-4-8-17(16)20(21,22)23/h3-4,7-8,11,13,15H,2,5-6,9-10,12,14H2,1H3. The first kappa shape index (κ1) is 19.5. The van der Waals surface area contributed by atoms with Gasteiger partial charge in [0.2, 0.25) is 0 Å². The number of hydrogen-bond acceptors (Lipinski definition) is 2. The van der Waals surface area contributed by atoms with E-state index in [4.69, 9.17) is 0 Å². The molecule has 0 bridgehead atoms. The van der Waals surface area contributed by atoms with Crippen LogP contribution in [0.25, 0.3) is 0 Å². The van der Waals surface area contributed by atoms with E-state index in [1.54, 1.807) is 34.0 Å². The summed E-state index contributed by atoms with van der Waals surface area (Å²) in [4.78, 5) is 14.4. The van der Waals surface area contributed by atoms with Gasteiger partial charge in [-0.3, -0.25) is 9.48 Å². The summed E-state index contributed by atoms with van der Waals surface area (Å²) in [6.45, 7) is 3.91. The summed E-state index contributed by atoms with van der Waals surface area (Å²) in [6.07, 6.45) is 0.256. The van der Waals surface area contributed by atoms with E-state index in [-0.39, 0.29) is 11.8 Å². The molecule has 2 heterocycles. The second-order valence-corrected chi connectivity index (χ2v) is 7.01. The number of nitrogens with zero attached hydrogens (tertiary/aromatic N) is 3.